The van der Waals surface area contributed by atoms with E-state index in [-0.39, 0.29) is 0 Å². The molecule has 0 aliphatic carbocycles. The molecule has 0 aromatic heterocycles. The molecule has 0 saturated heterocycles. The zero-order valence-corrected chi connectivity index (χ0v) is 50.9. The van der Waals surface area contributed by atoms with E-state index in [2.05, 4.69) is 111 Å². The summed E-state index contributed by atoms with van der Waals surface area (Å²) in [5, 5.41) is -2.90. The Labute approximate surface area is 416 Å². The van der Waals surface area contributed by atoms with Gasteiger partial charge in [-0.05, 0) is 134 Å². The Bertz CT molecular complexity index is 2200. The Hall–Kier alpha value is -0.720. The summed E-state index contributed by atoms with van der Waals surface area (Å²) in [4.78, 5) is -4.63. The highest BCUT2D eigenvalue weighted by atomic mass is 32.2. The summed E-state index contributed by atoms with van der Waals surface area (Å²) in [6, 6.07) is 4.27. The molecule has 0 amide bonds. The van der Waals surface area contributed by atoms with Crippen LogP contribution in [0.3, 0.4) is 0 Å². The first kappa shape index (κ1) is 67.3. The van der Waals surface area contributed by atoms with E-state index in [0.29, 0.717) is 12.1 Å². The van der Waals surface area contributed by atoms with Crippen molar-refractivity contribution in [3.05, 3.63) is 36.4 Å². The fourth-order valence-corrected chi connectivity index (χ4v) is 22.7. The van der Waals surface area contributed by atoms with Crippen molar-refractivity contribution in [1.82, 2.24) is 0 Å². The Morgan fingerprint density at radius 1 is 0.279 bits per heavy atom. The first-order chi connectivity index (χ1) is 31.4. The van der Waals surface area contributed by atoms with Crippen LogP contribution in [0.1, 0.15) is 111 Å². The fraction of sp³-hybridized carbons (Fsp3) is 0.667. The highest BCUT2D eigenvalue weighted by Crippen LogP contribution is 2.59. The molecule has 0 radical (unpaired) electrons. The second-order valence-electron chi connectivity index (χ2n) is 17.1. The van der Waals surface area contributed by atoms with Crippen molar-refractivity contribution in [2.24, 2.45) is 0 Å². The summed E-state index contributed by atoms with van der Waals surface area (Å²) in [5.41, 5.74) is 0. The van der Waals surface area contributed by atoms with E-state index in [4.69, 9.17) is 0 Å². The monoisotopic (exact) mass is 1110 g/mol. The molecule has 0 atom stereocenters. The van der Waals surface area contributed by atoms with Gasteiger partial charge in [-0.2, -0.15) is 0 Å². The van der Waals surface area contributed by atoms with Gasteiger partial charge in [0.2, 0.25) is 0 Å². The second-order valence-corrected chi connectivity index (χ2v) is 43.3. The summed E-state index contributed by atoms with van der Waals surface area (Å²) in [6.07, 6.45) is 23.3. The number of hydrogen-bond acceptors (Lipinski definition) is 12. The van der Waals surface area contributed by atoms with Crippen LogP contribution in [-0.4, -0.2) is 150 Å². The molecule has 0 bridgehead atoms. The zero-order chi connectivity index (χ0) is 53.3. The molecule has 0 N–H and O–H groups in total. The van der Waals surface area contributed by atoms with Crippen molar-refractivity contribution in [2.75, 3.05) is 98.6 Å². The van der Waals surface area contributed by atoms with Crippen molar-refractivity contribution < 1.29 is 51.9 Å². The van der Waals surface area contributed by atoms with E-state index in [9.17, 15) is 51.9 Å². The number of benzene rings is 4. The van der Waals surface area contributed by atoms with Crippen LogP contribution >= 0.6 is 29.0 Å². The van der Waals surface area contributed by atoms with Crippen LogP contribution in [-0.2, 0) is 40.5 Å². The second kappa shape index (κ2) is 28.7. The van der Waals surface area contributed by atoms with Gasteiger partial charge >= 0.3 is 0 Å². The molecule has 0 aliphatic rings. The van der Waals surface area contributed by atoms with Gasteiger partial charge in [0.05, 0.1) is 118 Å². The van der Waals surface area contributed by atoms with Gasteiger partial charge < -0.3 is 18.2 Å². The molecule has 4 rings (SSSR count). The lowest BCUT2D eigenvalue weighted by atomic mass is 9.94. The van der Waals surface area contributed by atoms with Gasteiger partial charge in [0, 0.05) is 50.6 Å². The molecule has 0 saturated carbocycles. The van der Waals surface area contributed by atoms with Crippen LogP contribution in [0, 0.1) is 0 Å². The van der Waals surface area contributed by atoms with Crippen LogP contribution in [0.15, 0.2) is 56.0 Å². The molecule has 0 aliphatic heterocycles. The quantitative estimate of drug-likeness (QED) is 0.0457. The molecule has 0 unspecified atom stereocenters. The molecular weight excluding hydrogens is 1020 g/mol. The fourth-order valence-electron chi connectivity index (χ4n) is 9.06. The maximum atomic E-state index is 11.8. The molecule has 12 nitrogen and oxygen atoms in total. The molecule has 0 heterocycles. The molecule has 20 heteroatoms. The Kier molecular flexibility index (Phi) is 28.4. The summed E-state index contributed by atoms with van der Waals surface area (Å²) in [7, 11) is -23.3. The first-order valence-electron chi connectivity index (χ1n) is 24.4. The Morgan fingerprint density at radius 2 is 0.397 bits per heavy atom. The van der Waals surface area contributed by atoms with Crippen LogP contribution in [0.25, 0.3) is 32.3 Å². The lowest BCUT2D eigenvalue weighted by Crippen LogP contribution is -2.09. The van der Waals surface area contributed by atoms with Crippen molar-refractivity contribution in [3.8, 4) is 0 Å². The van der Waals surface area contributed by atoms with Gasteiger partial charge in [0.1, 0.15) is 40.5 Å². The van der Waals surface area contributed by atoms with Gasteiger partial charge in [-0.3, -0.25) is 0 Å². The molecule has 4 aromatic carbocycles. The predicted octanol–water partition coefficient (Wildman–Crippen LogP) is 12.5. The Morgan fingerprint density at radius 3 is 0.471 bits per heavy atom. The van der Waals surface area contributed by atoms with Crippen molar-refractivity contribution in [3.63, 3.8) is 0 Å². The van der Waals surface area contributed by atoms with Crippen molar-refractivity contribution in [2.45, 2.75) is 130 Å². The normalized spacial score (nSPS) is 12.9. The third-order valence-corrected chi connectivity index (χ3v) is 40.5. The lowest BCUT2D eigenvalue weighted by molar-refractivity contribution is 0.458. The van der Waals surface area contributed by atoms with E-state index >= 15 is 0 Å². The molecular formula is C48H86O12P4S4. The number of hydrogen-bond donors (Lipinski definition) is 0. The SMILES string of the molecule is CC[P+](CC)(CC)CC.CC[P+](CC)(CC)CC.CC[P+](CC)(CC)CC.CC[P+](CC)(CC)CC.O=S(=O)([O-])c1cc(S(=O)(=O)[O-])c2ccc3c(S(=O)(=O)[O-])cc(S(=O)(=O)[O-])c4ccc1c2c43. The molecule has 0 fully saturated rings. The standard InChI is InChI=1S/C16H10O12S4.4C8H20P/c17-29(18,19)11-5-13(31(23,24)25)9-3-4-10-14(32(26,27)28)6-12(30(20,21)22)8-2-1-7(11)15(9)16(8)10;4*1-5-9(6-2,7-3)8-4/h1-6H,(H,17,18,19)(H,20,21,22)(H,23,24,25)(H,26,27,28);4*5-8H2,1-4H3/q;4*+1/p-4. The van der Waals surface area contributed by atoms with Crippen LogP contribution in [0.4, 0.5) is 0 Å². The molecule has 68 heavy (non-hydrogen) atoms. The average molecular weight is 1110 g/mol. The van der Waals surface area contributed by atoms with Gasteiger partial charge in [0.25, 0.3) is 0 Å². The zero-order valence-electron chi connectivity index (χ0n) is 44.1. The molecule has 394 valence electrons. The third kappa shape index (κ3) is 17.2. The maximum absolute atomic E-state index is 11.8. The average Bonchev–Trinajstić information content (AvgIpc) is 3.31. The van der Waals surface area contributed by atoms with E-state index < -0.39 is 121 Å². The summed E-state index contributed by atoms with van der Waals surface area (Å²) < 4.78 is 141. The van der Waals surface area contributed by atoms with Crippen LogP contribution in [0.5, 0.6) is 0 Å². The minimum absolute atomic E-state index is 0.336. The minimum atomic E-state index is -5.40. The van der Waals surface area contributed by atoms with Gasteiger partial charge in [-0.1, -0.05) is 24.3 Å². The smallest absolute Gasteiger partial charge is 0.125 e. The summed E-state index contributed by atoms with van der Waals surface area (Å²) in [5.74, 6) is 0. The minimum Gasteiger partial charge on any atom is -0.744 e. The summed E-state index contributed by atoms with van der Waals surface area (Å²) >= 11 is 0. The Balaban J connectivity index is 0.00000101. The highest BCUT2D eigenvalue weighted by molar-refractivity contribution is 7.87. The van der Waals surface area contributed by atoms with E-state index in [1.807, 2.05) is 0 Å². The van der Waals surface area contributed by atoms with E-state index in [0.717, 1.165) is 24.3 Å². The van der Waals surface area contributed by atoms with Crippen LogP contribution < -0.4 is 0 Å². The molecule has 4 aromatic rings. The maximum Gasteiger partial charge on any atom is 0.125 e. The summed E-state index contributed by atoms with van der Waals surface area (Å²) in [6.45, 7) is 37.6. The van der Waals surface area contributed by atoms with Crippen LogP contribution in [0.2, 0.25) is 0 Å². The largest absolute Gasteiger partial charge is 0.744 e. The first-order valence-corrected chi connectivity index (χ1v) is 40.2. The lowest BCUT2D eigenvalue weighted by Gasteiger charge is -2.23. The van der Waals surface area contributed by atoms with Crippen molar-refractivity contribution in [1.29, 1.82) is 0 Å². The third-order valence-electron chi connectivity index (χ3n) is 15.6. The molecule has 0 spiro atoms. The highest BCUT2D eigenvalue weighted by Gasteiger charge is 2.30. The topological polar surface area (TPSA) is 229 Å². The van der Waals surface area contributed by atoms with Gasteiger partial charge in [-0.15, -0.1) is 0 Å². The van der Waals surface area contributed by atoms with Gasteiger partial charge in [0.15, 0.2) is 0 Å². The van der Waals surface area contributed by atoms with Gasteiger partial charge in [-0.25, -0.2) is 33.7 Å². The predicted molar refractivity (Wildman–Crippen MR) is 298 cm³/mol. The number of rotatable bonds is 20. The van der Waals surface area contributed by atoms with E-state index in [1.165, 1.54) is 98.6 Å². The van der Waals surface area contributed by atoms with Crippen molar-refractivity contribution >= 4 is 102 Å². The van der Waals surface area contributed by atoms with E-state index in [1.54, 1.807) is 0 Å².